The lowest BCUT2D eigenvalue weighted by molar-refractivity contribution is 0.0941. The Labute approximate surface area is 149 Å². The fourth-order valence-electron chi connectivity index (χ4n) is 2.82. The molecule has 3 rings (SSSR count). The Hall–Kier alpha value is -2.06. The Bertz CT molecular complexity index is 808. The molecule has 1 saturated heterocycles. The van der Waals surface area contributed by atoms with Gasteiger partial charge in [-0.15, -0.1) is 5.10 Å². The molecule has 1 atom stereocenters. The predicted molar refractivity (Wildman–Crippen MR) is 94.4 cm³/mol. The summed E-state index contributed by atoms with van der Waals surface area (Å²) in [5.74, 6) is 1.25. The highest BCUT2D eigenvalue weighted by Gasteiger charge is 2.20. The first kappa shape index (κ1) is 17.8. The highest BCUT2D eigenvalue weighted by molar-refractivity contribution is 7.98. The van der Waals surface area contributed by atoms with E-state index in [-0.39, 0.29) is 17.6 Å². The molecule has 2 heterocycles. The maximum Gasteiger partial charge on any atom is 0.344 e. The summed E-state index contributed by atoms with van der Waals surface area (Å²) >= 11 is 1.43. The Balaban J connectivity index is 1.76. The van der Waals surface area contributed by atoms with Crippen molar-refractivity contribution in [1.29, 1.82) is 0 Å². The number of nitrogens with one attached hydrogen (secondary N) is 1. The highest BCUT2D eigenvalue weighted by atomic mass is 32.2. The van der Waals surface area contributed by atoms with Crippen LogP contribution in [0.4, 0.5) is 0 Å². The van der Waals surface area contributed by atoms with Crippen LogP contribution in [0.1, 0.15) is 35.7 Å². The van der Waals surface area contributed by atoms with Crippen molar-refractivity contribution in [2.24, 2.45) is 0 Å². The van der Waals surface area contributed by atoms with Gasteiger partial charge in [-0.05, 0) is 38.0 Å². The predicted octanol–water partition coefficient (Wildman–Crippen LogP) is 2.25. The van der Waals surface area contributed by atoms with Crippen molar-refractivity contribution in [1.82, 2.24) is 14.8 Å². The summed E-state index contributed by atoms with van der Waals surface area (Å²) < 4.78 is 12.6. The number of hydrogen-bond donors (Lipinski definition) is 1. The number of H-pyrrole nitrogens is 1. The smallest absolute Gasteiger partial charge is 0.344 e. The normalized spacial score (nSPS) is 17.0. The van der Waals surface area contributed by atoms with E-state index in [1.54, 1.807) is 23.8 Å². The van der Waals surface area contributed by atoms with E-state index in [1.807, 2.05) is 6.07 Å². The molecular formula is C17H21N3O4S. The number of nitrogens with zero attached hydrogens (tertiary/aromatic N) is 2. The molecule has 1 aliphatic heterocycles. The largest absolute Gasteiger partial charge is 0.496 e. The van der Waals surface area contributed by atoms with Gasteiger partial charge in [-0.2, -0.15) is 0 Å². The van der Waals surface area contributed by atoms with Crippen molar-refractivity contribution in [3.8, 4) is 5.75 Å². The number of methoxy groups -OCH3 is 1. The molecule has 1 fully saturated rings. The van der Waals surface area contributed by atoms with Crippen LogP contribution in [-0.2, 0) is 17.0 Å². The third-order valence-electron chi connectivity index (χ3n) is 4.18. The number of rotatable bonds is 7. The SMILES string of the molecule is COc1ccc(C(C)=O)cc1CSc1n[nH]c(=O)n1C[C@H]1CCCO1. The average molecular weight is 363 g/mol. The molecule has 0 radical (unpaired) electrons. The van der Waals surface area contributed by atoms with Gasteiger partial charge < -0.3 is 9.47 Å². The number of benzene rings is 1. The number of aromatic amines is 1. The van der Waals surface area contributed by atoms with Crippen molar-refractivity contribution in [3.63, 3.8) is 0 Å². The number of aromatic nitrogens is 3. The van der Waals surface area contributed by atoms with Gasteiger partial charge in [-0.1, -0.05) is 11.8 Å². The molecular weight excluding hydrogens is 342 g/mol. The van der Waals surface area contributed by atoms with Crippen LogP contribution in [0.3, 0.4) is 0 Å². The standard InChI is InChI=1S/C17H21N3O4S/c1-11(21)12-5-6-15(23-2)13(8-12)10-25-17-19-18-16(22)20(17)9-14-4-3-7-24-14/h5-6,8,14H,3-4,7,9-10H2,1-2H3,(H,18,22)/t14-/m1/s1. The molecule has 1 aromatic heterocycles. The molecule has 0 aliphatic carbocycles. The van der Waals surface area contributed by atoms with Gasteiger partial charge in [0.05, 0.1) is 19.8 Å². The van der Waals surface area contributed by atoms with Crippen molar-refractivity contribution < 1.29 is 14.3 Å². The number of Topliss-reactive ketones (excluding diaryl/α,β-unsaturated/α-hetero) is 1. The van der Waals surface area contributed by atoms with Gasteiger partial charge in [-0.3, -0.25) is 9.36 Å². The number of carbonyl (C=O) groups excluding carboxylic acids is 1. The molecule has 0 unspecified atom stereocenters. The summed E-state index contributed by atoms with van der Waals surface area (Å²) in [5.41, 5.74) is 1.29. The quantitative estimate of drug-likeness (QED) is 0.600. The van der Waals surface area contributed by atoms with Crippen LogP contribution in [0.5, 0.6) is 5.75 Å². The molecule has 1 aliphatic rings. The average Bonchev–Trinajstić information content (AvgIpc) is 3.24. The molecule has 0 spiro atoms. The van der Waals surface area contributed by atoms with Crippen molar-refractivity contribution >= 4 is 17.5 Å². The molecule has 7 nitrogen and oxygen atoms in total. The third-order valence-corrected chi connectivity index (χ3v) is 5.20. The zero-order valence-corrected chi connectivity index (χ0v) is 15.1. The topological polar surface area (TPSA) is 86.2 Å². The fourth-order valence-corrected chi connectivity index (χ4v) is 3.75. The first-order valence-corrected chi connectivity index (χ1v) is 9.14. The maximum absolute atomic E-state index is 12.0. The number of carbonyl (C=O) groups is 1. The Morgan fingerprint density at radius 1 is 1.52 bits per heavy atom. The van der Waals surface area contributed by atoms with Crippen LogP contribution in [0.15, 0.2) is 28.2 Å². The number of ether oxygens (including phenoxy) is 2. The molecule has 1 N–H and O–H groups in total. The van der Waals surface area contributed by atoms with Crippen molar-refractivity contribution in [3.05, 3.63) is 39.8 Å². The van der Waals surface area contributed by atoms with E-state index in [2.05, 4.69) is 10.2 Å². The lowest BCUT2D eigenvalue weighted by Gasteiger charge is -2.12. The minimum absolute atomic E-state index is 0.00367. The second-order valence-electron chi connectivity index (χ2n) is 5.93. The van der Waals surface area contributed by atoms with E-state index >= 15 is 0 Å². The first-order chi connectivity index (χ1) is 12.1. The molecule has 1 aromatic carbocycles. The summed E-state index contributed by atoms with van der Waals surface area (Å²) in [6.45, 7) is 2.78. The minimum atomic E-state index is -0.234. The molecule has 0 bridgehead atoms. The zero-order valence-electron chi connectivity index (χ0n) is 14.3. The minimum Gasteiger partial charge on any atom is -0.496 e. The van der Waals surface area contributed by atoms with Crippen LogP contribution >= 0.6 is 11.8 Å². The number of thioether (sulfide) groups is 1. The van der Waals surface area contributed by atoms with Crippen molar-refractivity contribution in [2.45, 2.75) is 43.3 Å². The third kappa shape index (κ3) is 4.13. The Morgan fingerprint density at radius 2 is 2.36 bits per heavy atom. The van der Waals surface area contributed by atoms with Gasteiger partial charge in [0.2, 0.25) is 0 Å². The highest BCUT2D eigenvalue weighted by Crippen LogP contribution is 2.28. The molecule has 8 heteroatoms. The van der Waals surface area contributed by atoms with Crippen molar-refractivity contribution in [2.75, 3.05) is 13.7 Å². The van der Waals surface area contributed by atoms with E-state index < -0.39 is 0 Å². The van der Waals surface area contributed by atoms with E-state index in [0.29, 0.717) is 28.8 Å². The number of hydrogen-bond acceptors (Lipinski definition) is 6. The second kappa shape index (κ2) is 7.88. The van der Waals surface area contributed by atoms with Gasteiger partial charge in [0.15, 0.2) is 10.9 Å². The molecule has 2 aromatic rings. The molecule has 0 amide bonds. The van der Waals surface area contributed by atoms with Crippen LogP contribution in [0, 0.1) is 0 Å². The fraction of sp³-hybridized carbons (Fsp3) is 0.471. The summed E-state index contributed by atoms with van der Waals surface area (Å²) in [6.07, 6.45) is 2.04. The maximum atomic E-state index is 12.0. The Kier molecular flexibility index (Phi) is 5.60. The van der Waals surface area contributed by atoms with E-state index in [1.165, 1.54) is 18.7 Å². The Morgan fingerprint density at radius 3 is 3.04 bits per heavy atom. The zero-order chi connectivity index (χ0) is 17.8. The van der Waals surface area contributed by atoms with Crippen LogP contribution in [0.2, 0.25) is 0 Å². The summed E-state index contributed by atoms with van der Waals surface area (Å²) in [7, 11) is 1.60. The van der Waals surface area contributed by atoms with E-state index in [0.717, 1.165) is 25.0 Å². The van der Waals surface area contributed by atoms with Gasteiger partial charge in [0.1, 0.15) is 5.75 Å². The number of ketones is 1. The van der Waals surface area contributed by atoms with Gasteiger partial charge in [0.25, 0.3) is 0 Å². The lowest BCUT2D eigenvalue weighted by atomic mass is 10.1. The molecule has 134 valence electrons. The van der Waals surface area contributed by atoms with E-state index in [9.17, 15) is 9.59 Å². The van der Waals surface area contributed by atoms with Crippen LogP contribution in [-0.4, -0.2) is 40.4 Å². The van der Waals surface area contributed by atoms with Gasteiger partial charge in [-0.25, -0.2) is 9.89 Å². The second-order valence-corrected chi connectivity index (χ2v) is 6.87. The van der Waals surface area contributed by atoms with Gasteiger partial charge in [0, 0.05) is 23.5 Å². The molecule has 0 saturated carbocycles. The first-order valence-electron chi connectivity index (χ1n) is 8.16. The lowest BCUT2D eigenvalue weighted by Crippen LogP contribution is -2.24. The monoisotopic (exact) mass is 363 g/mol. The summed E-state index contributed by atoms with van der Waals surface area (Å²) in [4.78, 5) is 23.6. The van der Waals surface area contributed by atoms with Crippen LogP contribution < -0.4 is 10.4 Å². The summed E-state index contributed by atoms with van der Waals surface area (Å²) in [6, 6.07) is 5.36. The van der Waals surface area contributed by atoms with Gasteiger partial charge >= 0.3 is 5.69 Å². The van der Waals surface area contributed by atoms with E-state index in [4.69, 9.17) is 9.47 Å². The summed E-state index contributed by atoms with van der Waals surface area (Å²) in [5, 5.41) is 7.22. The van der Waals surface area contributed by atoms with Crippen LogP contribution in [0.25, 0.3) is 0 Å². The molecule has 25 heavy (non-hydrogen) atoms.